The topological polar surface area (TPSA) is 102 Å². The number of allylic oxidation sites excluding steroid dienone is 3. The van der Waals surface area contributed by atoms with E-state index in [2.05, 4.69) is 20.4 Å². The van der Waals surface area contributed by atoms with Crippen LogP contribution in [-0.2, 0) is 11.8 Å². The predicted molar refractivity (Wildman–Crippen MR) is 129 cm³/mol. The van der Waals surface area contributed by atoms with E-state index in [1.165, 1.54) is 0 Å². The molecule has 1 saturated heterocycles. The molecule has 2 aliphatic rings. The molecule has 0 aromatic carbocycles. The maximum atomic E-state index is 13.4. The number of alkyl halides is 1. The summed E-state index contributed by atoms with van der Waals surface area (Å²) in [4.78, 5) is 36.5. The normalized spacial score (nSPS) is 18.7. The van der Waals surface area contributed by atoms with Crippen LogP contribution in [0.25, 0.3) is 11.4 Å². The van der Waals surface area contributed by atoms with Crippen LogP contribution >= 0.6 is 0 Å². The summed E-state index contributed by atoms with van der Waals surface area (Å²) in [6, 6.07) is 1.87. The van der Waals surface area contributed by atoms with Gasteiger partial charge in [-0.15, -0.1) is 0 Å². The molecule has 186 valence electrons. The third-order valence-electron chi connectivity index (χ3n) is 6.40. The summed E-state index contributed by atoms with van der Waals surface area (Å²) < 4.78 is 20.9. The smallest absolute Gasteiger partial charge is 0.317 e. The Kier molecular flexibility index (Phi) is 7.39. The van der Waals surface area contributed by atoms with Gasteiger partial charge in [-0.25, -0.2) is 4.39 Å². The Balaban J connectivity index is 1.55. The van der Waals surface area contributed by atoms with E-state index in [-0.39, 0.29) is 30.6 Å². The number of aryl methyl sites for hydroxylation is 1. The molecule has 1 fully saturated rings. The van der Waals surface area contributed by atoms with Gasteiger partial charge in [0, 0.05) is 57.0 Å². The molecule has 1 amide bonds. The van der Waals surface area contributed by atoms with Crippen LogP contribution in [0.5, 0.6) is 6.01 Å². The van der Waals surface area contributed by atoms with E-state index in [1.54, 1.807) is 30.9 Å². The van der Waals surface area contributed by atoms with Crippen molar-refractivity contribution in [3.8, 4) is 17.4 Å². The fraction of sp³-hybridized carbons (Fsp3) is 0.480. The molecular formula is C25H31FN6O3. The van der Waals surface area contributed by atoms with Crippen molar-refractivity contribution < 1.29 is 18.7 Å². The second-order valence-electron chi connectivity index (χ2n) is 9.14. The van der Waals surface area contributed by atoms with Crippen molar-refractivity contribution in [1.29, 1.82) is 0 Å². The second kappa shape index (κ2) is 10.5. The van der Waals surface area contributed by atoms with E-state index in [1.807, 2.05) is 24.8 Å². The van der Waals surface area contributed by atoms with Gasteiger partial charge in [0.2, 0.25) is 0 Å². The summed E-state index contributed by atoms with van der Waals surface area (Å²) in [5, 5.41) is 7.04. The number of hydrogen-bond donors (Lipinski definition) is 1. The molecule has 10 heteroatoms. The van der Waals surface area contributed by atoms with Crippen molar-refractivity contribution in [2.24, 2.45) is 7.05 Å². The summed E-state index contributed by atoms with van der Waals surface area (Å²) in [7, 11) is 1.79. The Bertz CT molecular complexity index is 1200. The van der Waals surface area contributed by atoms with Gasteiger partial charge in [0.15, 0.2) is 5.78 Å². The van der Waals surface area contributed by atoms with E-state index in [0.717, 1.165) is 11.1 Å². The van der Waals surface area contributed by atoms with Gasteiger partial charge in [-0.05, 0) is 38.8 Å². The van der Waals surface area contributed by atoms with Crippen molar-refractivity contribution in [1.82, 2.24) is 30.0 Å². The van der Waals surface area contributed by atoms with Gasteiger partial charge in [-0.1, -0.05) is 11.6 Å². The zero-order valence-electron chi connectivity index (χ0n) is 20.6. The third-order valence-corrected chi connectivity index (χ3v) is 6.40. The highest BCUT2D eigenvalue weighted by Gasteiger charge is 2.24. The number of rotatable bonds is 8. The summed E-state index contributed by atoms with van der Waals surface area (Å²) in [5.74, 6) is -0.406. The number of carbonyl (C=O) groups is 2. The molecule has 4 rings (SSSR count). The van der Waals surface area contributed by atoms with Gasteiger partial charge in [-0.3, -0.25) is 19.2 Å². The number of halogens is 1. The van der Waals surface area contributed by atoms with E-state index in [0.29, 0.717) is 55.0 Å². The maximum absolute atomic E-state index is 13.4. The van der Waals surface area contributed by atoms with Crippen molar-refractivity contribution in [2.45, 2.75) is 39.8 Å². The summed E-state index contributed by atoms with van der Waals surface area (Å²) in [6.45, 7) is 7.59. The molecule has 0 radical (unpaired) electrons. The molecule has 1 atom stereocenters. The highest BCUT2D eigenvalue weighted by atomic mass is 19.1. The molecule has 1 N–H and O–H groups in total. The molecule has 2 aromatic heterocycles. The number of ether oxygens (including phenoxy) is 1. The number of aromatic nitrogens is 4. The first-order valence-corrected chi connectivity index (χ1v) is 11.8. The van der Waals surface area contributed by atoms with Gasteiger partial charge in [-0.2, -0.15) is 15.1 Å². The third kappa shape index (κ3) is 5.64. The number of nitrogens with zero attached hydrogens (tertiary/aromatic N) is 5. The minimum Gasteiger partial charge on any atom is -0.462 e. The monoisotopic (exact) mass is 482 g/mol. The van der Waals surface area contributed by atoms with Gasteiger partial charge in [0.1, 0.15) is 18.5 Å². The van der Waals surface area contributed by atoms with E-state index in [9.17, 15) is 14.0 Å². The highest BCUT2D eigenvalue weighted by Crippen LogP contribution is 2.25. The molecule has 1 aliphatic heterocycles. The molecule has 2 aromatic rings. The van der Waals surface area contributed by atoms with E-state index in [4.69, 9.17) is 4.74 Å². The van der Waals surface area contributed by atoms with Gasteiger partial charge < -0.3 is 10.1 Å². The van der Waals surface area contributed by atoms with Gasteiger partial charge in [0.25, 0.3) is 5.91 Å². The molecule has 9 nitrogen and oxygen atoms in total. The SMILES string of the molecule is CC1=CC(C)=C(CNC(=O)c2nc(OCCN3CC[C@@H](F)C3)nc(-c3ccnn3C)c2C)C(=O)C1. The van der Waals surface area contributed by atoms with Crippen LogP contribution in [-0.4, -0.2) is 75.3 Å². The lowest BCUT2D eigenvalue weighted by Gasteiger charge is -2.17. The molecular weight excluding hydrogens is 451 g/mol. The highest BCUT2D eigenvalue weighted by molar-refractivity contribution is 6.01. The van der Waals surface area contributed by atoms with E-state index >= 15 is 0 Å². The lowest BCUT2D eigenvalue weighted by molar-refractivity contribution is -0.115. The minimum atomic E-state index is -0.799. The van der Waals surface area contributed by atoms with Crippen LogP contribution in [0.4, 0.5) is 4.39 Å². The number of hydrogen-bond acceptors (Lipinski definition) is 7. The molecule has 0 spiro atoms. The molecule has 35 heavy (non-hydrogen) atoms. The van der Waals surface area contributed by atoms with Crippen LogP contribution in [0.3, 0.4) is 0 Å². The second-order valence-corrected chi connectivity index (χ2v) is 9.14. The molecule has 0 unspecified atom stereocenters. The number of ketones is 1. The van der Waals surface area contributed by atoms with Crippen LogP contribution in [0, 0.1) is 6.92 Å². The Morgan fingerprint density at radius 3 is 2.74 bits per heavy atom. The van der Waals surface area contributed by atoms with Crippen LogP contribution in [0.2, 0.25) is 0 Å². The van der Waals surface area contributed by atoms with Crippen LogP contribution < -0.4 is 10.1 Å². The van der Waals surface area contributed by atoms with Gasteiger partial charge >= 0.3 is 6.01 Å². The quantitative estimate of drug-likeness (QED) is 0.617. The average Bonchev–Trinajstić information content (AvgIpc) is 3.41. The van der Waals surface area contributed by atoms with Gasteiger partial charge in [0.05, 0.1) is 11.4 Å². The predicted octanol–water partition coefficient (Wildman–Crippen LogP) is 2.57. The largest absolute Gasteiger partial charge is 0.462 e. The number of amides is 1. The van der Waals surface area contributed by atoms with Crippen molar-refractivity contribution in [3.63, 3.8) is 0 Å². The summed E-state index contributed by atoms with van der Waals surface area (Å²) in [5.41, 5.74) is 4.45. The maximum Gasteiger partial charge on any atom is 0.317 e. The zero-order valence-corrected chi connectivity index (χ0v) is 20.6. The first kappa shape index (κ1) is 24.7. The number of nitrogens with one attached hydrogen (secondary N) is 1. The fourth-order valence-electron chi connectivity index (χ4n) is 4.47. The fourth-order valence-corrected chi connectivity index (χ4v) is 4.47. The summed E-state index contributed by atoms with van der Waals surface area (Å²) >= 11 is 0. The Morgan fingerprint density at radius 2 is 2.09 bits per heavy atom. The first-order valence-electron chi connectivity index (χ1n) is 11.8. The molecule has 0 saturated carbocycles. The first-order chi connectivity index (χ1) is 16.7. The van der Waals surface area contributed by atoms with Crippen molar-refractivity contribution in [3.05, 3.63) is 46.3 Å². The molecule has 3 heterocycles. The standard InChI is InChI=1S/C25H31FN6O3/c1-15-11-16(2)19(21(33)12-15)13-27-24(34)23-17(3)22(20-5-7-28-31(20)4)29-25(30-23)35-10-9-32-8-6-18(26)14-32/h5,7,11,18H,6,8-10,12-14H2,1-4H3,(H,27,34)/t18-/m1/s1. The average molecular weight is 483 g/mol. The minimum absolute atomic E-state index is 0.0132. The van der Waals surface area contributed by atoms with E-state index < -0.39 is 12.1 Å². The Labute approximate surface area is 204 Å². The number of carbonyl (C=O) groups excluding carboxylic acids is 2. The summed E-state index contributed by atoms with van der Waals surface area (Å²) in [6.07, 6.45) is 3.71. The Morgan fingerprint density at radius 1 is 1.29 bits per heavy atom. The van der Waals surface area contributed by atoms with Crippen molar-refractivity contribution in [2.75, 3.05) is 32.8 Å². The van der Waals surface area contributed by atoms with Crippen LogP contribution in [0.1, 0.15) is 42.7 Å². The number of likely N-dealkylation sites (tertiary alicyclic amines) is 1. The zero-order chi connectivity index (χ0) is 25.1. The van der Waals surface area contributed by atoms with Crippen molar-refractivity contribution >= 4 is 11.7 Å². The Hall–Kier alpha value is -3.40. The molecule has 0 bridgehead atoms. The lowest BCUT2D eigenvalue weighted by atomic mass is 9.92. The number of Topliss-reactive ketones (excluding diaryl/α,β-unsaturated/α-hetero) is 1. The van der Waals surface area contributed by atoms with Crippen LogP contribution in [0.15, 0.2) is 35.1 Å². The molecule has 1 aliphatic carbocycles. The lowest BCUT2D eigenvalue weighted by Crippen LogP contribution is -2.31.